The van der Waals surface area contributed by atoms with E-state index in [0.717, 1.165) is 5.56 Å². The molecule has 0 aliphatic carbocycles. The number of benzene rings is 2. The van der Waals surface area contributed by atoms with E-state index in [9.17, 15) is 18.7 Å². The van der Waals surface area contributed by atoms with E-state index in [2.05, 4.69) is 5.10 Å². The fourth-order valence-electron chi connectivity index (χ4n) is 2.94. The number of carbonyl (C=O) groups is 1. The lowest BCUT2D eigenvalue weighted by Gasteiger charge is -2.35. The van der Waals surface area contributed by atoms with Gasteiger partial charge in [-0.2, -0.15) is 10.1 Å². The van der Waals surface area contributed by atoms with Crippen molar-refractivity contribution in [2.45, 2.75) is 37.8 Å². The van der Waals surface area contributed by atoms with E-state index >= 15 is 0 Å². The summed E-state index contributed by atoms with van der Waals surface area (Å²) in [6.07, 6.45) is -0.0523. The summed E-state index contributed by atoms with van der Waals surface area (Å²) in [5.74, 6) is -4.15. The summed E-state index contributed by atoms with van der Waals surface area (Å²) in [5.41, 5.74) is -0.873. The van der Waals surface area contributed by atoms with Crippen LogP contribution in [0.1, 0.15) is 30.9 Å². The number of hydrogen-bond donors (Lipinski definition) is 1. The first-order valence-electron chi connectivity index (χ1n) is 8.41. The van der Waals surface area contributed by atoms with Gasteiger partial charge in [0, 0.05) is 19.8 Å². The van der Waals surface area contributed by atoms with Crippen LogP contribution in [0.2, 0.25) is 0 Å². The molecule has 2 aromatic carbocycles. The third kappa shape index (κ3) is 3.51. The maximum Gasteiger partial charge on any atom is 0.294 e. The van der Waals surface area contributed by atoms with E-state index < -0.39 is 24.0 Å². The maximum absolute atomic E-state index is 14.2. The Labute approximate surface area is 150 Å². The molecule has 0 radical (unpaired) electrons. The zero-order valence-electron chi connectivity index (χ0n) is 14.4. The Kier molecular flexibility index (Phi) is 4.87. The van der Waals surface area contributed by atoms with Gasteiger partial charge in [-0.05, 0) is 17.5 Å². The van der Waals surface area contributed by atoms with Crippen molar-refractivity contribution in [2.75, 3.05) is 0 Å². The Hall–Kier alpha value is -2.60. The molecular formula is C20H20F2N2O2. The average molecular weight is 358 g/mol. The van der Waals surface area contributed by atoms with Gasteiger partial charge in [0.1, 0.15) is 0 Å². The van der Waals surface area contributed by atoms with E-state index in [0.29, 0.717) is 23.9 Å². The fraction of sp³-hybridized carbons (Fsp3) is 0.300. The second kappa shape index (κ2) is 6.96. The van der Waals surface area contributed by atoms with E-state index in [1.807, 2.05) is 30.3 Å². The summed E-state index contributed by atoms with van der Waals surface area (Å²) < 4.78 is 28.3. The molecule has 1 aliphatic rings. The monoisotopic (exact) mass is 358 g/mol. The Bertz CT molecular complexity index is 804. The first-order valence-corrected chi connectivity index (χ1v) is 8.41. The van der Waals surface area contributed by atoms with Crippen LogP contribution in [-0.4, -0.2) is 33.4 Å². The SMILES string of the molecule is CC(F)(F)[C@]1(O)CC(c2ccccc2)=NN1C(=O)CCc1ccccc1. The molecule has 1 amide bonds. The van der Waals surface area contributed by atoms with E-state index in [-0.39, 0.29) is 12.1 Å². The van der Waals surface area contributed by atoms with Gasteiger partial charge in [-0.15, -0.1) is 0 Å². The van der Waals surface area contributed by atoms with Crippen molar-refractivity contribution in [1.82, 2.24) is 5.01 Å². The van der Waals surface area contributed by atoms with Gasteiger partial charge in [-0.3, -0.25) is 4.79 Å². The molecule has 1 aliphatic heterocycles. The first-order chi connectivity index (χ1) is 12.3. The number of aryl methyl sites for hydroxylation is 1. The fourth-order valence-corrected chi connectivity index (χ4v) is 2.94. The minimum absolute atomic E-state index is 0.0199. The molecule has 0 aromatic heterocycles. The highest BCUT2D eigenvalue weighted by Crippen LogP contribution is 2.40. The molecule has 1 N–H and O–H groups in total. The van der Waals surface area contributed by atoms with Crippen molar-refractivity contribution in [1.29, 1.82) is 0 Å². The summed E-state index contributed by atoms with van der Waals surface area (Å²) in [5, 5.41) is 15.3. The third-order valence-corrected chi connectivity index (χ3v) is 4.50. The molecule has 0 saturated carbocycles. The number of hydrogen-bond acceptors (Lipinski definition) is 3. The molecule has 1 atom stereocenters. The van der Waals surface area contributed by atoms with Crippen LogP contribution in [0.25, 0.3) is 0 Å². The summed E-state index contributed by atoms with van der Waals surface area (Å²) in [6.45, 7) is 0.605. The van der Waals surface area contributed by atoms with Gasteiger partial charge >= 0.3 is 0 Å². The van der Waals surface area contributed by atoms with E-state index in [1.165, 1.54) is 0 Å². The molecule has 2 aromatic rings. The molecule has 3 rings (SSSR count). The van der Waals surface area contributed by atoms with Crippen LogP contribution in [0.3, 0.4) is 0 Å². The van der Waals surface area contributed by atoms with Crippen LogP contribution >= 0.6 is 0 Å². The predicted octanol–water partition coefficient (Wildman–Crippen LogP) is 3.60. The van der Waals surface area contributed by atoms with Gasteiger partial charge < -0.3 is 5.11 Å². The number of hydrazone groups is 1. The van der Waals surface area contributed by atoms with Crippen molar-refractivity contribution >= 4 is 11.6 Å². The van der Waals surface area contributed by atoms with Crippen LogP contribution in [0.15, 0.2) is 65.8 Å². The Balaban J connectivity index is 1.85. The van der Waals surface area contributed by atoms with Gasteiger partial charge in [-0.25, -0.2) is 8.78 Å². The predicted molar refractivity (Wildman–Crippen MR) is 94.8 cm³/mol. The molecular weight excluding hydrogens is 338 g/mol. The van der Waals surface area contributed by atoms with Crippen molar-refractivity contribution in [3.8, 4) is 0 Å². The number of alkyl halides is 2. The first kappa shape index (κ1) is 18.2. The molecule has 6 heteroatoms. The highest BCUT2D eigenvalue weighted by atomic mass is 19.3. The third-order valence-electron chi connectivity index (χ3n) is 4.50. The standard InChI is InChI=1S/C20H20F2N2O2/c1-19(21,22)20(26)14-17(16-10-6-3-7-11-16)23-24(20)18(25)13-12-15-8-4-2-5-9-15/h2-11,26H,12-14H2,1H3/t20-/m1/s1. The highest BCUT2D eigenvalue weighted by Gasteiger charge is 2.59. The molecule has 136 valence electrons. The van der Waals surface area contributed by atoms with Crippen molar-refractivity contribution in [2.24, 2.45) is 5.10 Å². The number of rotatable bonds is 5. The molecule has 0 bridgehead atoms. The van der Waals surface area contributed by atoms with Crippen LogP contribution < -0.4 is 0 Å². The van der Waals surface area contributed by atoms with Crippen LogP contribution in [0.5, 0.6) is 0 Å². The molecule has 1 heterocycles. The quantitative estimate of drug-likeness (QED) is 0.888. The minimum Gasteiger partial charge on any atom is -0.364 e. The minimum atomic E-state index is -3.52. The van der Waals surface area contributed by atoms with Crippen LogP contribution in [0.4, 0.5) is 8.78 Å². The average Bonchev–Trinajstić information content (AvgIpc) is 3.00. The summed E-state index contributed by atoms with van der Waals surface area (Å²) in [4.78, 5) is 12.6. The largest absolute Gasteiger partial charge is 0.364 e. The van der Waals surface area contributed by atoms with Crippen LogP contribution in [0, 0.1) is 0 Å². The van der Waals surface area contributed by atoms with Gasteiger partial charge in [0.05, 0.1) is 5.71 Å². The van der Waals surface area contributed by atoms with Gasteiger partial charge in [0.2, 0.25) is 11.6 Å². The lowest BCUT2D eigenvalue weighted by molar-refractivity contribution is -0.235. The normalized spacial score (nSPS) is 20.2. The van der Waals surface area contributed by atoms with Crippen molar-refractivity contribution in [3.05, 3.63) is 71.8 Å². The lowest BCUT2D eigenvalue weighted by atomic mass is 9.96. The number of carbonyl (C=O) groups excluding carboxylic acids is 1. The maximum atomic E-state index is 14.2. The van der Waals surface area contributed by atoms with Gasteiger partial charge in [0.25, 0.3) is 5.92 Å². The number of amides is 1. The highest BCUT2D eigenvalue weighted by molar-refractivity contribution is 6.03. The number of aliphatic hydroxyl groups is 1. The summed E-state index contributed by atoms with van der Waals surface area (Å²) >= 11 is 0. The lowest BCUT2D eigenvalue weighted by Crippen LogP contribution is -2.57. The molecule has 0 fully saturated rings. The Morgan fingerprint density at radius 1 is 1.15 bits per heavy atom. The summed E-state index contributed by atoms with van der Waals surface area (Å²) in [6, 6.07) is 18.0. The van der Waals surface area contributed by atoms with E-state index in [4.69, 9.17) is 0 Å². The van der Waals surface area contributed by atoms with Crippen molar-refractivity contribution < 1.29 is 18.7 Å². The smallest absolute Gasteiger partial charge is 0.294 e. The molecule has 4 nitrogen and oxygen atoms in total. The Morgan fingerprint density at radius 2 is 1.73 bits per heavy atom. The molecule has 26 heavy (non-hydrogen) atoms. The number of nitrogens with zero attached hydrogens (tertiary/aromatic N) is 2. The van der Waals surface area contributed by atoms with Gasteiger partial charge in [0.15, 0.2) is 0 Å². The topological polar surface area (TPSA) is 52.9 Å². The number of halogens is 2. The zero-order chi connectivity index (χ0) is 18.8. The second-order valence-corrected chi connectivity index (χ2v) is 6.49. The summed E-state index contributed by atoms with van der Waals surface area (Å²) in [7, 11) is 0. The Morgan fingerprint density at radius 3 is 2.31 bits per heavy atom. The molecule has 0 saturated heterocycles. The zero-order valence-corrected chi connectivity index (χ0v) is 14.4. The van der Waals surface area contributed by atoms with Crippen molar-refractivity contribution in [3.63, 3.8) is 0 Å². The molecule has 0 spiro atoms. The second-order valence-electron chi connectivity index (χ2n) is 6.49. The van der Waals surface area contributed by atoms with Gasteiger partial charge in [-0.1, -0.05) is 60.7 Å². The molecule has 0 unspecified atom stereocenters. The van der Waals surface area contributed by atoms with E-state index in [1.54, 1.807) is 30.3 Å². The van der Waals surface area contributed by atoms with Crippen LogP contribution in [-0.2, 0) is 11.2 Å².